The second-order valence-electron chi connectivity index (χ2n) is 4.44. The van der Waals surface area contributed by atoms with E-state index in [1.807, 2.05) is 0 Å². The topological polar surface area (TPSA) is 52.6 Å². The van der Waals surface area contributed by atoms with Crippen molar-refractivity contribution in [3.05, 3.63) is 23.8 Å². The molecule has 1 aromatic rings. The number of hydrogen-bond donors (Lipinski definition) is 2. The molecular weight excluding hydrogens is 216 g/mol. The van der Waals surface area contributed by atoms with Crippen molar-refractivity contribution < 1.29 is 9.90 Å². The Balaban J connectivity index is 1.88. The molecule has 0 bridgehead atoms. The van der Waals surface area contributed by atoms with E-state index in [4.69, 9.17) is 5.11 Å². The van der Waals surface area contributed by atoms with Crippen molar-refractivity contribution in [1.82, 2.24) is 0 Å². The second kappa shape index (κ2) is 5.08. The number of carboxylic acid groups (broad SMARTS) is 1. The summed E-state index contributed by atoms with van der Waals surface area (Å²) in [7, 11) is 2.10. The fourth-order valence-corrected chi connectivity index (χ4v) is 2.15. The highest BCUT2D eigenvalue weighted by molar-refractivity contribution is 5.67. The first-order valence-corrected chi connectivity index (χ1v) is 5.96. The van der Waals surface area contributed by atoms with Gasteiger partial charge in [-0.25, -0.2) is 0 Å². The van der Waals surface area contributed by atoms with Gasteiger partial charge in [-0.3, -0.25) is 4.79 Å². The van der Waals surface area contributed by atoms with Crippen molar-refractivity contribution in [2.75, 3.05) is 30.4 Å². The van der Waals surface area contributed by atoms with Crippen molar-refractivity contribution in [3.63, 3.8) is 0 Å². The van der Waals surface area contributed by atoms with Crippen LogP contribution in [-0.2, 0) is 11.2 Å². The average molecular weight is 234 g/mol. The van der Waals surface area contributed by atoms with Crippen molar-refractivity contribution in [2.24, 2.45) is 0 Å². The molecule has 4 heteroatoms. The van der Waals surface area contributed by atoms with E-state index >= 15 is 0 Å². The lowest BCUT2D eigenvalue weighted by atomic mass is 10.1. The number of carbonyl (C=O) groups is 1. The van der Waals surface area contributed by atoms with Crippen molar-refractivity contribution in [3.8, 4) is 0 Å². The third-order valence-electron chi connectivity index (χ3n) is 3.10. The number of nitrogens with zero attached hydrogens (tertiary/aromatic N) is 1. The van der Waals surface area contributed by atoms with E-state index < -0.39 is 5.97 Å². The van der Waals surface area contributed by atoms with Gasteiger partial charge < -0.3 is 15.3 Å². The minimum absolute atomic E-state index is 0.223. The number of carboxylic acids is 1. The maximum absolute atomic E-state index is 10.4. The van der Waals surface area contributed by atoms with Gasteiger partial charge in [-0.15, -0.1) is 0 Å². The fourth-order valence-electron chi connectivity index (χ4n) is 2.15. The summed E-state index contributed by atoms with van der Waals surface area (Å²) in [6.07, 6.45) is 1.98. The van der Waals surface area contributed by atoms with Gasteiger partial charge in [0.2, 0.25) is 0 Å². The van der Waals surface area contributed by atoms with Gasteiger partial charge in [0.25, 0.3) is 0 Å². The lowest BCUT2D eigenvalue weighted by Gasteiger charge is -2.12. The third kappa shape index (κ3) is 2.90. The molecule has 2 rings (SSSR count). The smallest absolute Gasteiger partial charge is 0.303 e. The molecule has 0 saturated heterocycles. The van der Waals surface area contributed by atoms with E-state index in [1.165, 1.54) is 11.3 Å². The highest BCUT2D eigenvalue weighted by atomic mass is 16.4. The fraction of sp³-hybridized carbons (Fsp3) is 0.462. The number of likely N-dealkylation sites (N-methyl/N-ethyl adjacent to an activating group) is 1. The van der Waals surface area contributed by atoms with E-state index in [9.17, 15) is 4.79 Å². The molecule has 1 heterocycles. The summed E-state index contributed by atoms with van der Waals surface area (Å²) in [6, 6.07) is 6.35. The van der Waals surface area contributed by atoms with Gasteiger partial charge in [0, 0.05) is 37.9 Å². The minimum atomic E-state index is -0.734. The summed E-state index contributed by atoms with van der Waals surface area (Å²) in [5.74, 6) is -0.734. The highest BCUT2D eigenvalue weighted by Crippen LogP contribution is 2.28. The van der Waals surface area contributed by atoms with Gasteiger partial charge in [0.1, 0.15) is 0 Å². The van der Waals surface area contributed by atoms with Crippen LogP contribution in [0.25, 0.3) is 0 Å². The molecule has 0 saturated carbocycles. The molecule has 0 amide bonds. The van der Waals surface area contributed by atoms with E-state index in [2.05, 4.69) is 35.5 Å². The van der Waals surface area contributed by atoms with Crippen LogP contribution in [0.3, 0.4) is 0 Å². The van der Waals surface area contributed by atoms with E-state index in [1.54, 1.807) is 0 Å². The molecule has 0 atom stereocenters. The second-order valence-corrected chi connectivity index (χ2v) is 4.44. The number of rotatable bonds is 5. The number of hydrogen-bond acceptors (Lipinski definition) is 3. The molecule has 4 nitrogen and oxygen atoms in total. The largest absolute Gasteiger partial charge is 0.481 e. The standard InChI is InChI=1S/C13H18N2O2/c1-15-8-6-10-9-11(4-5-12(10)15)14-7-2-3-13(16)17/h4-5,9,14H,2-3,6-8H2,1H3,(H,16,17). The predicted octanol–water partition coefficient (Wildman–Crippen LogP) is 1.96. The van der Waals surface area contributed by atoms with E-state index in [-0.39, 0.29) is 6.42 Å². The number of nitrogens with one attached hydrogen (secondary N) is 1. The molecule has 0 aliphatic carbocycles. The molecule has 1 aliphatic rings. The first-order valence-electron chi connectivity index (χ1n) is 5.96. The lowest BCUT2D eigenvalue weighted by Crippen LogP contribution is -2.12. The zero-order valence-electron chi connectivity index (χ0n) is 10.1. The van der Waals surface area contributed by atoms with Crippen LogP contribution in [0.15, 0.2) is 18.2 Å². The first kappa shape index (κ1) is 11.8. The Morgan fingerprint density at radius 2 is 2.35 bits per heavy atom. The maximum atomic E-state index is 10.4. The van der Waals surface area contributed by atoms with Crippen molar-refractivity contribution >= 4 is 17.3 Å². The summed E-state index contributed by atoms with van der Waals surface area (Å²) in [4.78, 5) is 12.6. The minimum Gasteiger partial charge on any atom is -0.481 e. The molecule has 0 spiro atoms. The maximum Gasteiger partial charge on any atom is 0.303 e. The van der Waals surface area contributed by atoms with Crippen LogP contribution >= 0.6 is 0 Å². The first-order chi connectivity index (χ1) is 8.16. The van der Waals surface area contributed by atoms with Crippen LogP contribution in [0.5, 0.6) is 0 Å². The Morgan fingerprint density at radius 3 is 3.12 bits per heavy atom. The van der Waals surface area contributed by atoms with Gasteiger partial charge in [-0.1, -0.05) is 0 Å². The van der Waals surface area contributed by atoms with Crippen LogP contribution in [-0.4, -0.2) is 31.2 Å². The average Bonchev–Trinajstić information content (AvgIpc) is 2.66. The molecule has 1 aromatic carbocycles. The summed E-state index contributed by atoms with van der Waals surface area (Å²) in [5, 5.41) is 11.8. The monoisotopic (exact) mass is 234 g/mol. The lowest BCUT2D eigenvalue weighted by molar-refractivity contribution is -0.137. The number of anilines is 2. The SMILES string of the molecule is CN1CCc2cc(NCCCC(=O)O)ccc21. The zero-order valence-corrected chi connectivity index (χ0v) is 10.1. The van der Waals surface area contributed by atoms with Gasteiger partial charge in [-0.05, 0) is 36.6 Å². The molecule has 2 N–H and O–H groups in total. The Hall–Kier alpha value is -1.71. The number of benzene rings is 1. The molecule has 0 fully saturated rings. The van der Waals surface area contributed by atoms with Crippen LogP contribution in [0.4, 0.5) is 11.4 Å². The Morgan fingerprint density at radius 1 is 1.53 bits per heavy atom. The zero-order chi connectivity index (χ0) is 12.3. The summed E-state index contributed by atoms with van der Waals surface area (Å²) < 4.78 is 0. The van der Waals surface area contributed by atoms with E-state index in [0.29, 0.717) is 13.0 Å². The molecular formula is C13H18N2O2. The van der Waals surface area contributed by atoms with E-state index in [0.717, 1.165) is 18.7 Å². The number of aliphatic carboxylic acids is 1. The summed E-state index contributed by atoms with van der Waals surface area (Å²) >= 11 is 0. The third-order valence-corrected chi connectivity index (χ3v) is 3.10. The molecule has 0 radical (unpaired) electrons. The summed E-state index contributed by atoms with van der Waals surface area (Å²) in [6.45, 7) is 1.79. The van der Waals surface area contributed by atoms with Crippen LogP contribution in [0.2, 0.25) is 0 Å². The molecule has 1 aliphatic heterocycles. The quantitative estimate of drug-likeness (QED) is 0.765. The molecule has 17 heavy (non-hydrogen) atoms. The van der Waals surface area contributed by atoms with Gasteiger partial charge in [0.05, 0.1) is 0 Å². The van der Waals surface area contributed by atoms with Gasteiger partial charge in [-0.2, -0.15) is 0 Å². The Kier molecular flexibility index (Phi) is 3.52. The summed E-state index contributed by atoms with van der Waals surface area (Å²) in [5.41, 5.74) is 3.77. The Labute approximate surface area is 101 Å². The highest BCUT2D eigenvalue weighted by Gasteiger charge is 2.15. The van der Waals surface area contributed by atoms with Crippen LogP contribution in [0.1, 0.15) is 18.4 Å². The molecule has 0 aromatic heterocycles. The normalized spacial score (nSPS) is 13.6. The van der Waals surface area contributed by atoms with Crippen LogP contribution in [0, 0.1) is 0 Å². The Bertz CT molecular complexity index is 418. The number of fused-ring (bicyclic) bond motifs is 1. The van der Waals surface area contributed by atoms with Gasteiger partial charge in [0.15, 0.2) is 0 Å². The van der Waals surface area contributed by atoms with Crippen LogP contribution < -0.4 is 10.2 Å². The van der Waals surface area contributed by atoms with Crippen molar-refractivity contribution in [2.45, 2.75) is 19.3 Å². The molecule has 92 valence electrons. The predicted molar refractivity (Wildman–Crippen MR) is 68.8 cm³/mol. The molecule has 0 unspecified atom stereocenters. The van der Waals surface area contributed by atoms with Crippen molar-refractivity contribution in [1.29, 1.82) is 0 Å². The van der Waals surface area contributed by atoms with Gasteiger partial charge >= 0.3 is 5.97 Å².